The zero-order valence-electron chi connectivity index (χ0n) is 14.7. The van der Waals surface area contributed by atoms with E-state index in [1.807, 2.05) is 18.2 Å². The second-order valence-corrected chi connectivity index (χ2v) is 6.72. The van der Waals surface area contributed by atoms with Crippen molar-refractivity contribution in [1.82, 2.24) is 15.5 Å². The Kier molecular flexibility index (Phi) is 4.36. The third-order valence-corrected chi connectivity index (χ3v) is 4.85. The van der Waals surface area contributed by atoms with Crippen molar-refractivity contribution in [3.63, 3.8) is 0 Å². The number of amides is 1. The van der Waals surface area contributed by atoms with E-state index < -0.39 is 5.54 Å². The molecule has 1 amide bonds. The molecule has 1 fully saturated rings. The number of fused-ring (bicyclic) bond motifs is 1. The molecule has 136 valence electrons. The molecule has 1 aliphatic carbocycles. The predicted octanol–water partition coefficient (Wildman–Crippen LogP) is 3.10. The number of aromatic nitrogens is 2. The van der Waals surface area contributed by atoms with Gasteiger partial charge < -0.3 is 19.3 Å². The maximum atomic E-state index is 12.6. The summed E-state index contributed by atoms with van der Waals surface area (Å²) in [6.07, 6.45) is 8.13. The molecule has 7 nitrogen and oxygen atoms in total. The first-order chi connectivity index (χ1) is 12.6. The summed E-state index contributed by atoms with van der Waals surface area (Å²) in [5.74, 6) is 2.32. The number of benzene rings is 1. The zero-order valence-corrected chi connectivity index (χ0v) is 14.7. The fourth-order valence-electron chi connectivity index (χ4n) is 3.52. The van der Waals surface area contributed by atoms with E-state index in [1.54, 1.807) is 13.0 Å². The Morgan fingerprint density at radius 1 is 1.19 bits per heavy atom. The molecule has 1 N–H and O–H groups in total. The van der Waals surface area contributed by atoms with Crippen LogP contribution in [0.3, 0.4) is 0 Å². The molecule has 0 bridgehead atoms. The lowest BCUT2D eigenvalue weighted by molar-refractivity contribution is -0.119. The number of hydrogen-bond donors (Lipinski definition) is 1. The van der Waals surface area contributed by atoms with Gasteiger partial charge in [-0.05, 0) is 36.6 Å². The standard InChI is InChI=1S/C19H21N3O4/c1-13-20-18(22-26-13)19(9-3-2-4-10-19)21-17(23)8-6-14-5-7-15-16(11-14)25-12-24-15/h5-8,11H,2-4,9-10,12H2,1H3,(H,21,23)/b8-6-. The summed E-state index contributed by atoms with van der Waals surface area (Å²) in [5, 5.41) is 7.18. The minimum atomic E-state index is -0.549. The highest BCUT2D eigenvalue weighted by Crippen LogP contribution is 2.36. The number of ether oxygens (including phenoxy) is 2. The van der Waals surface area contributed by atoms with E-state index in [0.29, 0.717) is 17.5 Å². The van der Waals surface area contributed by atoms with Gasteiger partial charge in [-0.3, -0.25) is 4.79 Å². The summed E-state index contributed by atoms with van der Waals surface area (Å²) in [7, 11) is 0. The number of aryl methyl sites for hydroxylation is 1. The lowest BCUT2D eigenvalue weighted by atomic mass is 9.81. The maximum absolute atomic E-state index is 12.6. The summed E-state index contributed by atoms with van der Waals surface area (Å²) < 4.78 is 15.8. The number of nitrogens with one attached hydrogen (secondary N) is 1. The molecule has 2 aliphatic rings. The molecule has 0 atom stereocenters. The molecule has 7 heteroatoms. The SMILES string of the molecule is Cc1nc(C2(NC(=O)/C=C\c3ccc4c(c3)OCO4)CCCCC2)no1. The second kappa shape index (κ2) is 6.82. The quantitative estimate of drug-likeness (QED) is 0.848. The van der Waals surface area contributed by atoms with E-state index in [4.69, 9.17) is 14.0 Å². The third kappa shape index (κ3) is 3.29. The molecule has 2 heterocycles. The summed E-state index contributed by atoms with van der Waals surface area (Å²) in [4.78, 5) is 16.9. The van der Waals surface area contributed by atoms with Gasteiger partial charge in [-0.1, -0.05) is 30.5 Å². The Hall–Kier alpha value is -2.83. The average molecular weight is 355 g/mol. The van der Waals surface area contributed by atoms with E-state index >= 15 is 0 Å². The summed E-state index contributed by atoms with van der Waals surface area (Å²) in [6.45, 7) is 1.99. The highest BCUT2D eigenvalue weighted by Gasteiger charge is 2.39. The van der Waals surface area contributed by atoms with Gasteiger partial charge in [0.05, 0.1) is 0 Å². The van der Waals surface area contributed by atoms with Crippen LogP contribution >= 0.6 is 0 Å². The van der Waals surface area contributed by atoms with Crippen molar-refractivity contribution in [2.45, 2.75) is 44.6 Å². The van der Waals surface area contributed by atoms with Crippen molar-refractivity contribution in [2.24, 2.45) is 0 Å². The van der Waals surface area contributed by atoms with E-state index in [1.165, 1.54) is 6.08 Å². The monoisotopic (exact) mass is 355 g/mol. The molecular formula is C19H21N3O4. The Labute approximate surface area is 151 Å². The zero-order chi connectivity index (χ0) is 18.0. The fraction of sp³-hybridized carbons (Fsp3) is 0.421. The van der Waals surface area contributed by atoms with E-state index in [9.17, 15) is 4.79 Å². The maximum Gasteiger partial charge on any atom is 0.244 e. The third-order valence-electron chi connectivity index (χ3n) is 4.85. The predicted molar refractivity (Wildman–Crippen MR) is 93.5 cm³/mol. The van der Waals surface area contributed by atoms with Gasteiger partial charge in [-0.25, -0.2) is 0 Å². The summed E-state index contributed by atoms with van der Waals surface area (Å²) >= 11 is 0. The van der Waals surface area contributed by atoms with Crippen LogP contribution < -0.4 is 14.8 Å². The molecule has 26 heavy (non-hydrogen) atoms. The minimum absolute atomic E-state index is 0.174. The molecule has 4 rings (SSSR count). The lowest BCUT2D eigenvalue weighted by Gasteiger charge is -2.34. The van der Waals surface area contributed by atoms with Crippen molar-refractivity contribution in [3.05, 3.63) is 41.6 Å². The molecule has 0 unspecified atom stereocenters. The van der Waals surface area contributed by atoms with Crippen LogP contribution in [0.25, 0.3) is 6.08 Å². The van der Waals surface area contributed by atoms with Gasteiger partial charge in [-0.2, -0.15) is 4.98 Å². The molecule has 1 saturated carbocycles. The first-order valence-corrected chi connectivity index (χ1v) is 8.85. The highest BCUT2D eigenvalue weighted by atomic mass is 16.7. The number of rotatable bonds is 4. The van der Waals surface area contributed by atoms with Gasteiger partial charge in [0.1, 0.15) is 5.54 Å². The second-order valence-electron chi connectivity index (χ2n) is 6.72. The highest BCUT2D eigenvalue weighted by molar-refractivity contribution is 5.92. The molecule has 0 radical (unpaired) electrons. The molecule has 2 aromatic rings. The minimum Gasteiger partial charge on any atom is -0.454 e. The molecule has 1 aromatic heterocycles. The van der Waals surface area contributed by atoms with Crippen molar-refractivity contribution in [1.29, 1.82) is 0 Å². The average Bonchev–Trinajstić information content (AvgIpc) is 3.29. The van der Waals surface area contributed by atoms with Crippen LogP contribution in [0.15, 0.2) is 28.8 Å². The van der Waals surface area contributed by atoms with Gasteiger partial charge in [0.15, 0.2) is 17.3 Å². The van der Waals surface area contributed by atoms with E-state index in [0.717, 1.165) is 43.4 Å². The van der Waals surface area contributed by atoms with Crippen LogP contribution in [-0.4, -0.2) is 22.8 Å². The number of carbonyl (C=O) groups excluding carboxylic acids is 1. The Balaban J connectivity index is 1.50. The lowest BCUT2D eigenvalue weighted by Crippen LogP contribution is -2.47. The van der Waals surface area contributed by atoms with Crippen molar-refractivity contribution in [3.8, 4) is 11.5 Å². The van der Waals surface area contributed by atoms with Crippen LogP contribution in [0.5, 0.6) is 11.5 Å². The molecule has 0 saturated heterocycles. The smallest absolute Gasteiger partial charge is 0.244 e. The number of nitrogens with zero attached hydrogens (tertiary/aromatic N) is 2. The van der Waals surface area contributed by atoms with Crippen molar-refractivity contribution < 1.29 is 18.8 Å². The van der Waals surface area contributed by atoms with Crippen LogP contribution in [0.2, 0.25) is 0 Å². The molecule has 1 aliphatic heterocycles. The van der Waals surface area contributed by atoms with E-state index in [-0.39, 0.29) is 12.7 Å². The normalized spacial score (nSPS) is 18.2. The number of carbonyl (C=O) groups is 1. The fourth-order valence-corrected chi connectivity index (χ4v) is 3.52. The van der Waals surface area contributed by atoms with Crippen LogP contribution in [0, 0.1) is 6.92 Å². The van der Waals surface area contributed by atoms with Gasteiger partial charge in [0, 0.05) is 13.0 Å². The van der Waals surface area contributed by atoms with Crippen LogP contribution in [0.1, 0.15) is 49.4 Å². The van der Waals surface area contributed by atoms with Gasteiger partial charge in [0.25, 0.3) is 0 Å². The topological polar surface area (TPSA) is 86.5 Å². The van der Waals surface area contributed by atoms with Crippen LogP contribution in [0.4, 0.5) is 0 Å². The Morgan fingerprint density at radius 3 is 2.77 bits per heavy atom. The van der Waals surface area contributed by atoms with Crippen molar-refractivity contribution >= 4 is 12.0 Å². The Bertz CT molecular complexity index is 837. The summed E-state index contributed by atoms with van der Waals surface area (Å²) in [5.41, 5.74) is 0.323. The first-order valence-electron chi connectivity index (χ1n) is 8.85. The van der Waals surface area contributed by atoms with Gasteiger partial charge in [-0.15, -0.1) is 0 Å². The molecule has 0 spiro atoms. The van der Waals surface area contributed by atoms with Gasteiger partial charge in [0.2, 0.25) is 18.6 Å². The van der Waals surface area contributed by atoms with Gasteiger partial charge >= 0.3 is 0 Å². The number of hydrogen-bond acceptors (Lipinski definition) is 6. The first kappa shape index (κ1) is 16.6. The largest absolute Gasteiger partial charge is 0.454 e. The van der Waals surface area contributed by atoms with Crippen LogP contribution in [-0.2, 0) is 10.3 Å². The molecule has 1 aromatic carbocycles. The van der Waals surface area contributed by atoms with Crippen molar-refractivity contribution in [2.75, 3.05) is 6.79 Å². The summed E-state index contributed by atoms with van der Waals surface area (Å²) in [6, 6.07) is 5.58. The van der Waals surface area contributed by atoms with E-state index in [2.05, 4.69) is 15.5 Å². The Morgan fingerprint density at radius 2 is 2.00 bits per heavy atom. The molecular weight excluding hydrogens is 334 g/mol.